The zero-order chi connectivity index (χ0) is 17.7. The average Bonchev–Trinajstić information content (AvgIpc) is 2.87. The minimum Gasteiger partial charge on any atom is -0.383 e. The molecule has 0 bridgehead atoms. The zero-order valence-corrected chi connectivity index (χ0v) is 14.5. The molecule has 2 aromatic rings. The van der Waals surface area contributed by atoms with Gasteiger partial charge in [-0.2, -0.15) is 5.10 Å². The smallest absolute Gasteiger partial charge is 0.255 e. The predicted octanol–water partition coefficient (Wildman–Crippen LogP) is 0.371. The number of aromatic nitrogens is 4. The summed E-state index contributed by atoms with van der Waals surface area (Å²) in [5, 5.41) is 7.09. The number of ether oxygens (including phenoxy) is 1. The Kier molecular flexibility index (Phi) is 5.86. The lowest BCUT2D eigenvalue weighted by atomic mass is 10.3. The molecule has 0 atom stereocenters. The van der Waals surface area contributed by atoms with Crippen LogP contribution in [0.3, 0.4) is 0 Å². The third-order valence-electron chi connectivity index (χ3n) is 3.53. The second-order valence-corrected chi connectivity index (χ2v) is 5.51. The molecule has 0 aliphatic carbocycles. The van der Waals surface area contributed by atoms with Gasteiger partial charge in [0, 0.05) is 31.1 Å². The molecule has 0 aromatic carbocycles. The summed E-state index contributed by atoms with van der Waals surface area (Å²) in [4.78, 5) is 29.0. The molecule has 0 aliphatic rings. The van der Waals surface area contributed by atoms with Gasteiger partial charge < -0.3 is 10.1 Å². The Morgan fingerprint density at radius 1 is 1.33 bits per heavy atom. The summed E-state index contributed by atoms with van der Waals surface area (Å²) in [7, 11) is 1.56. The molecule has 2 rings (SSSR count). The summed E-state index contributed by atoms with van der Waals surface area (Å²) < 4.78 is 7.83. The highest BCUT2D eigenvalue weighted by Crippen LogP contribution is 2.09. The fraction of sp³-hybridized carbons (Fsp3) is 0.500. The van der Waals surface area contributed by atoms with Gasteiger partial charge in [-0.3, -0.25) is 14.2 Å². The summed E-state index contributed by atoms with van der Waals surface area (Å²) in [6.45, 7) is 6.36. The Morgan fingerprint density at radius 3 is 2.67 bits per heavy atom. The van der Waals surface area contributed by atoms with Crippen LogP contribution in [0, 0.1) is 13.8 Å². The normalized spacial score (nSPS) is 10.8. The van der Waals surface area contributed by atoms with E-state index in [2.05, 4.69) is 15.4 Å². The van der Waals surface area contributed by atoms with Crippen LogP contribution >= 0.6 is 0 Å². The molecule has 8 heteroatoms. The highest BCUT2D eigenvalue weighted by atomic mass is 16.5. The number of amides is 1. The molecule has 2 heterocycles. The number of methoxy groups -OCH3 is 1. The van der Waals surface area contributed by atoms with Gasteiger partial charge in [0.2, 0.25) is 11.9 Å². The second-order valence-electron chi connectivity index (χ2n) is 5.51. The summed E-state index contributed by atoms with van der Waals surface area (Å²) in [5.41, 5.74) is 2.06. The molecule has 0 saturated carbocycles. The summed E-state index contributed by atoms with van der Waals surface area (Å²) in [5.74, 6) is 0.0785. The van der Waals surface area contributed by atoms with Crippen molar-refractivity contribution in [2.24, 2.45) is 0 Å². The van der Waals surface area contributed by atoms with E-state index in [1.807, 2.05) is 26.8 Å². The molecule has 1 N–H and O–H groups in total. The van der Waals surface area contributed by atoms with Gasteiger partial charge in [-0.1, -0.05) is 6.92 Å². The summed E-state index contributed by atoms with van der Waals surface area (Å²) in [6, 6.07) is 3.35. The van der Waals surface area contributed by atoms with Crippen LogP contribution in [0.5, 0.6) is 0 Å². The lowest BCUT2D eigenvalue weighted by Gasteiger charge is -2.14. The topological polar surface area (TPSA) is 91.0 Å². The van der Waals surface area contributed by atoms with E-state index in [0.29, 0.717) is 31.2 Å². The highest BCUT2D eigenvalue weighted by molar-refractivity contribution is 5.75. The number of rotatable bonds is 7. The van der Waals surface area contributed by atoms with Crippen LogP contribution in [0.4, 0.5) is 0 Å². The fourth-order valence-corrected chi connectivity index (χ4v) is 2.35. The minimum absolute atomic E-state index is 0.118. The van der Waals surface area contributed by atoms with E-state index in [1.165, 1.54) is 10.6 Å². The van der Waals surface area contributed by atoms with E-state index in [0.717, 1.165) is 11.4 Å². The van der Waals surface area contributed by atoms with Crippen molar-refractivity contribution in [1.29, 1.82) is 0 Å². The van der Waals surface area contributed by atoms with Crippen molar-refractivity contribution in [3.8, 4) is 5.95 Å². The number of carbonyl (C=O) groups is 1. The molecule has 2 aromatic heterocycles. The Balaban J connectivity index is 2.41. The summed E-state index contributed by atoms with van der Waals surface area (Å²) >= 11 is 0. The molecule has 130 valence electrons. The van der Waals surface area contributed by atoms with Crippen LogP contribution < -0.4 is 10.9 Å². The van der Waals surface area contributed by atoms with Crippen LogP contribution in [0.15, 0.2) is 16.9 Å². The van der Waals surface area contributed by atoms with Gasteiger partial charge in [-0.05, 0) is 26.3 Å². The molecule has 8 nitrogen and oxygen atoms in total. The monoisotopic (exact) mass is 333 g/mol. The lowest BCUT2D eigenvalue weighted by Crippen LogP contribution is -2.36. The Morgan fingerprint density at radius 2 is 2.08 bits per heavy atom. The van der Waals surface area contributed by atoms with Crippen molar-refractivity contribution in [2.45, 2.75) is 33.7 Å². The highest BCUT2D eigenvalue weighted by Gasteiger charge is 2.16. The molecule has 0 aliphatic heterocycles. The van der Waals surface area contributed by atoms with Gasteiger partial charge in [0.25, 0.3) is 5.56 Å². The molecule has 0 spiro atoms. The lowest BCUT2D eigenvalue weighted by molar-refractivity contribution is -0.121. The summed E-state index contributed by atoms with van der Waals surface area (Å²) in [6.07, 6.45) is 0.627. The third-order valence-corrected chi connectivity index (χ3v) is 3.53. The van der Waals surface area contributed by atoms with E-state index in [1.54, 1.807) is 11.8 Å². The molecule has 1 amide bonds. The average molecular weight is 333 g/mol. The minimum atomic E-state index is -0.275. The van der Waals surface area contributed by atoms with Gasteiger partial charge in [0.15, 0.2) is 0 Å². The molecular formula is C16H23N5O3. The third kappa shape index (κ3) is 4.08. The van der Waals surface area contributed by atoms with Crippen molar-refractivity contribution in [2.75, 3.05) is 20.3 Å². The molecule has 0 unspecified atom stereocenters. The van der Waals surface area contributed by atoms with Crippen molar-refractivity contribution in [3.63, 3.8) is 0 Å². The van der Waals surface area contributed by atoms with Crippen molar-refractivity contribution < 1.29 is 9.53 Å². The maximum Gasteiger partial charge on any atom is 0.255 e. The quantitative estimate of drug-likeness (QED) is 0.739. The number of nitrogens with zero attached hydrogens (tertiary/aromatic N) is 4. The maximum absolute atomic E-state index is 12.5. The Bertz CT molecular complexity index is 779. The zero-order valence-electron chi connectivity index (χ0n) is 14.5. The van der Waals surface area contributed by atoms with Crippen molar-refractivity contribution >= 4 is 5.91 Å². The number of aryl methyl sites for hydroxylation is 3. The number of carbonyl (C=O) groups excluding carboxylic acids is 1. The van der Waals surface area contributed by atoms with Crippen LogP contribution in [0.2, 0.25) is 0 Å². The molecular weight excluding hydrogens is 310 g/mol. The van der Waals surface area contributed by atoms with Crippen molar-refractivity contribution in [1.82, 2.24) is 24.6 Å². The van der Waals surface area contributed by atoms with Crippen molar-refractivity contribution in [3.05, 3.63) is 39.6 Å². The van der Waals surface area contributed by atoms with Crippen LogP contribution in [-0.4, -0.2) is 45.5 Å². The van der Waals surface area contributed by atoms with Gasteiger partial charge in [0.1, 0.15) is 6.54 Å². The molecule has 24 heavy (non-hydrogen) atoms. The van der Waals surface area contributed by atoms with E-state index in [4.69, 9.17) is 4.74 Å². The first-order valence-electron chi connectivity index (χ1n) is 7.86. The van der Waals surface area contributed by atoms with E-state index >= 15 is 0 Å². The molecule has 0 fully saturated rings. The first kappa shape index (κ1) is 17.9. The first-order valence-corrected chi connectivity index (χ1v) is 7.86. The number of nitrogens with one attached hydrogen (secondary N) is 1. The fourth-order valence-electron chi connectivity index (χ4n) is 2.35. The predicted molar refractivity (Wildman–Crippen MR) is 89.4 cm³/mol. The SMILES string of the molecule is CCc1cc(=O)n(CC(=O)NCCOC)c(-n2nc(C)cc2C)n1. The standard InChI is InChI=1S/C16H23N5O3/c1-5-13-9-15(23)20(10-14(22)17-6-7-24-4)16(18-13)21-12(3)8-11(2)19-21/h8-9H,5-7,10H2,1-4H3,(H,17,22). The Hall–Kier alpha value is -2.48. The van der Waals surface area contributed by atoms with E-state index < -0.39 is 0 Å². The van der Waals surface area contributed by atoms with Crippen LogP contribution in [0.1, 0.15) is 24.0 Å². The van der Waals surface area contributed by atoms with Gasteiger partial charge in [0.05, 0.1) is 12.3 Å². The molecule has 0 saturated heterocycles. The first-order chi connectivity index (χ1) is 11.5. The maximum atomic E-state index is 12.5. The van der Waals surface area contributed by atoms with Crippen LogP contribution in [-0.2, 0) is 22.5 Å². The van der Waals surface area contributed by atoms with Gasteiger partial charge in [-0.25, -0.2) is 9.67 Å². The van der Waals surface area contributed by atoms with E-state index in [-0.39, 0.29) is 18.0 Å². The Labute approximate surface area is 140 Å². The van der Waals surface area contributed by atoms with E-state index in [9.17, 15) is 9.59 Å². The largest absolute Gasteiger partial charge is 0.383 e. The van der Waals surface area contributed by atoms with Crippen LogP contribution in [0.25, 0.3) is 5.95 Å². The molecule has 0 radical (unpaired) electrons. The second kappa shape index (κ2) is 7.87. The van der Waals surface area contributed by atoms with Gasteiger partial charge in [-0.15, -0.1) is 0 Å². The van der Waals surface area contributed by atoms with Gasteiger partial charge >= 0.3 is 0 Å². The number of hydrogen-bond acceptors (Lipinski definition) is 5. The number of hydrogen-bond donors (Lipinski definition) is 1.